The van der Waals surface area contributed by atoms with Gasteiger partial charge in [-0.3, -0.25) is 4.57 Å². The molecule has 1 rings (SSSR count). The first-order valence-corrected chi connectivity index (χ1v) is 15.9. The zero-order valence-corrected chi connectivity index (χ0v) is 23.4. The van der Waals surface area contributed by atoms with Gasteiger partial charge in [0.1, 0.15) is 6.54 Å². The van der Waals surface area contributed by atoms with Crippen LogP contribution in [0, 0.1) is 6.92 Å². The topological polar surface area (TPSA) is 62.5 Å². The molecule has 0 aromatic carbocycles. The Morgan fingerprint density at radius 2 is 1.24 bits per heavy atom. The lowest BCUT2D eigenvalue weighted by Crippen LogP contribution is -2.32. The average Bonchev–Trinajstić information content (AvgIpc) is 3.15. The van der Waals surface area contributed by atoms with Gasteiger partial charge >= 0.3 is 0 Å². The van der Waals surface area contributed by atoms with E-state index in [1.807, 2.05) is 0 Å². The number of phosphoric acid groups is 1. The Labute approximate surface area is 207 Å². The van der Waals surface area contributed by atoms with E-state index in [2.05, 4.69) is 30.8 Å². The molecular formula is C26H50NO4PS. The van der Waals surface area contributed by atoms with E-state index in [1.54, 1.807) is 11.3 Å². The third-order valence-corrected chi connectivity index (χ3v) is 8.46. The fourth-order valence-electron chi connectivity index (χ4n) is 4.12. The van der Waals surface area contributed by atoms with Crippen LogP contribution >= 0.6 is 19.2 Å². The van der Waals surface area contributed by atoms with Crippen molar-refractivity contribution >= 4 is 19.2 Å². The van der Waals surface area contributed by atoms with Gasteiger partial charge in [0.25, 0.3) is 7.82 Å². The zero-order valence-electron chi connectivity index (χ0n) is 21.7. The minimum Gasteiger partial charge on any atom is -0.756 e. The Hall–Kier alpha value is -0.260. The molecule has 0 aliphatic heterocycles. The fraction of sp³-hybridized carbons (Fsp3) is 0.885. The van der Waals surface area contributed by atoms with Crippen molar-refractivity contribution in [1.29, 1.82) is 0 Å². The van der Waals surface area contributed by atoms with Gasteiger partial charge in [-0.25, -0.2) is 0 Å². The Kier molecular flexibility index (Phi) is 18.6. The Morgan fingerprint density at radius 1 is 0.788 bits per heavy atom. The Balaban J connectivity index is 1.87. The summed E-state index contributed by atoms with van der Waals surface area (Å²) < 4.78 is 24.1. The zero-order chi connectivity index (χ0) is 24.2. The number of hydrogen-bond donors (Lipinski definition) is 0. The van der Waals surface area contributed by atoms with Crippen LogP contribution in [0.2, 0.25) is 0 Å². The van der Waals surface area contributed by atoms with Crippen molar-refractivity contribution < 1.29 is 23.1 Å². The smallest absolute Gasteiger partial charge is 0.267 e. The first-order valence-electron chi connectivity index (χ1n) is 13.6. The molecule has 1 atom stereocenters. The molecule has 33 heavy (non-hydrogen) atoms. The summed E-state index contributed by atoms with van der Waals surface area (Å²) in [5.74, 6) is 0. The van der Waals surface area contributed by atoms with Gasteiger partial charge in [0.15, 0.2) is 5.69 Å². The van der Waals surface area contributed by atoms with Gasteiger partial charge in [-0.05, 0) is 13.3 Å². The van der Waals surface area contributed by atoms with Crippen LogP contribution in [0.15, 0.2) is 5.51 Å². The van der Waals surface area contributed by atoms with Gasteiger partial charge in [0, 0.05) is 13.3 Å². The van der Waals surface area contributed by atoms with Crippen LogP contribution in [0.1, 0.15) is 127 Å². The van der Waals surface area contributed by atoms with Gasteiger partial charge in [-0.1, -0.05) is 115 Å². The van der Waals surface area contributed by atoms with Gasteiger partial charge in [0.2, 0.25) is 5.51 Å². The highest BCUT2D eigenvalue weighted by molar-refractivity contribution is 7.45. The van der Waals surface area contributed by atoms with E-state index in [0.29, 0.717) is 6.42 Å². The second kappa shape index (κ2) is 20.0. The molecule has 0 amide bonds. The lowest BCUT2D eigenvalue weighted by atomic mass is 10.0. The number of phosphoric ester groups is 1. The number of nitrogens with zero attached hydrogens (tertiary/aromatic N) is 1. The molecule has 1 aromatic heterocycles. The first-order chi connectivity index (χ1) is 16.0. The van der Waals surface area contributed by atoms with Gasteiger partial charge in [-0.2, -0.15) is 4.57 Å². The van der Waals surface area contributed by atoms with Gasteiger partial charge in [-0.15, -0.1) is 0 Å². The summed E-state index contributed by atoms with van der Waals surface area (Å²) in [7, 11) is -4.19. The molecule has 1 unspecified atom stereocenters. The van der Waals surface area contributed by atoms with E-state index >= 15 is 0 Å². The monoisotopic (exact) mass is 503 g/mol. The second-order valence-electron chi connectivity index (χ2n) is 9.18. The predicted octanol–water partition coefficient (Wildman–Crippen LogP) is 7.67. The number of thiazole rings is 1. The third kappa shape index (κ3) is 16.1. The molecule has 0 bridgehead atoms. The summed E-state index contributed by atoms with van der Waals surface area (Å²) in [5.41, 5.74) is 3.25. The summed E-state index contributed by atoms with van der Waals surface area (Å²) in [5, 5.41) is 0. The van der Waals surface area contributed by atoms with Crippen molar-refractivity contribution in [2.75, 3.05) is 13.2 Å². The van der Waals surface area contributed by atoms with Crippen molar-refractivity contribution in [2.24, 2.45) is 0 Å². The first kappa shape index (κ1) is 30.8. The maximum atomic E-state index is 11.9. The van der Waals surface area contributed by atoms with Crippen LogP contribution in [-0.4, -0.2) is 13.2 Å². The van der Waals surface area contributed by atoms with E-state index in [1.165, 1.54) is 89.2 Å². The van der Waals surface area contributed by atoms with E-state index in [4.69, 9.17) is 9.05 Å². The lowest BCUT2D eigenvalue weighted by molar-refractivity contribution is -0.694. The Bertz CT molecular complexity index is 638. The lowest BCUT2D eigenvalue weighted by Gasteiger charge is -2.22. The number of aromatic nitrogens is 1. The van der Waals surface area contributed by atoms with E-state index in [-0.39, 0.29) is 13.2 Å². The van der Waals surface area contributed by atoms with Crippen molar-refractivity contribution in [3.05, 3.63) is 16.1 Å². The molecule has 0 aliphatic carbocycles. The minimum atomic E-state index is -4.19. The number of hydrogen-bond acceptors (Lipinski definition) is 5. The summed E-state index contributed by atoms with van der Waals surface area (Å²) in [6.07, 6.45) is 21.4. The van der Waals surface area contributed by atoms with Gasteiger partial charge in [0.05, 0.1) is 18.1 Å². The fourth-order valence-corrected chi connectivity index (χ4v) is 5.91. The highest BCUT2D eigenvalue weighted by Crippen LogP contribution is 2.38. The van der Waals surface area contributed by atoms with Crippen molar-refractivity contribution in [1.82, 2.24) is 0 Å². The van der Waals surface area contributed by atoms with E-state index < -0.39 is 7.82 Å². The maximum absolute atomic E-state index is 11.9. The van der Waals surface area contributed by atoms with Crippen LogP contribution in [0.5, 0.6) is 0 Å². The number of rotatable bonds is 23. The SMILES string of the molecule is CCCCCCCCCCCCCCCCCCOP(=O)([O-])OCCc1sc[n+](CC)c1C. The molecule has 1 heterocycles. The average molecular weight is 504 g/mol. The van der Waals surface area contributed by atoms with Crippen LogP contribution in [0.4, 0.5) is 0 Å². The number of unbranched alkanes of at least 4 members (excludes halogenated alkanes) is 15. The third-order valence-electron chi connectivity index (χ3n) is 6.32. The highest BCUT2D eigenvalue weighted by Gasteiger charge is 2.15. The normalized spacial score (nSPS) is 13.5. The van der Waals surface area contributed by atoms with E-state index in [9.17, 15) is 9.46 Å². The van der Waals surface area contributed by atoms with Crippen LogP contribution in [0.25, 0.3) is 0 Å². The predicted molar refractivity (Wildman–Crippen MR) is 138 cm³/mol. The molecule has 0 N–H and O–H groups in total. The number of aryl methyl sites for hydroxylation is 1. The van der Waals surface area contributed by atoms with Crippen LogP contribution in [0.3, 0.4) is 0 Å². The standard InChI is InChI=1S/C26H50NO4PS/c1-4-6-7-8-9-10-11-12-13-14-15-16-17-18-19-20-22-30-32(28,29)31-23-21-26-25(3)27(5-2)24-33-26/h24H,4-23H2,1-3H3. The van der Waals surface area contributed by atoms with E-state index in [0.717, 1.165) is 30.7 Å². The molecule has 0 aliphatic rings. The van der Waals surface area contributed by atoms with Crippen LogP contribution < -0.4 is 9.46 Å². The maximum Gasteiger partial charge on any atom is 0.267 e. The molecule has 0 saturated heterocycles. The summed E-state index contributed by atoms with van der Waals surface area (Å²) in [6.45, 7) is 7.72. The minimum absolute atomic E-state index is 0.144. The molecule has 1 aromatic rings. The summed E-state index contributed by atoms with van der Waals surface area (Å²) in [4.78, 5) is 13.1. The molecule has 0 fully saturated rings. The second-order valence-corrected chi connectivity index (χ2v) is 11.5. The quantitative estimate of drug-likeness (QED) is 0.0873. The van der Waals surface area contributed by atoms with Crippen molar-refractivity contribution in [3.63, 3.8) is 0 Å². The summed E-state index contributed by atoms with van der Waals surface area (Å²) in [6, 6.07) is 0. The summed E-state index contributed by atoms with van der Waals surface area (Å²) >= 11 is 1.64. The molecule has 0 spiro atoms. The van der Waals surface area contributed by atoms with Gasteiger partial charge < -0.3 is 13.9 Å². The van der Waals surface area contributed by atoms with Crippen molar-refractivity contribution in [3.8, 4) is 0 Å². The molecule has 7 heteroatoms. The molecule has 5 nitrogen and oxygen atoms in total. The largest absolute Gasteiger partial charge is 0.756 e. The molecular weight excluding hydrogens is 453 g/mol. The molecule has 194 valence electrons. The Morgan fingerprint density at radius 3 is 1.70 bits per heavy atom. The van der Waals surface area contributed by atoms with Crippen molar-refractivity contribution in [2.45, 2.75) is 136 Å². The van der Waals surface area contributed by atoms with Crippen LogP contribution in [-0.2, 0) is 26.6 Å². The highest BCUT2D eigenvalue weighted by atomic mass is 32.1. The molecule has 0 radical (unpaired) electrons. The molecule has 0 saturated carbocycles.